The van der Waals surface area contributed by atoms with Crippen LogP contribution in [-0.2, 0) is 5.41 Å². The standard InChI is InChI=1S/C30H34.C2H4/c1-6-22(7-2)30(23-15-11-10-12-16-23)27-18-14-13-17-25(27)26-20-19-24(21-28(26)30)29(5,8-3)9-4;1-2/h6-7,10-18,20-21,24H,1,8-9,19H2,2-5H3;1-2H2/b22-7+;. The van der Waals surface area contributed by atoms with Crippen molar-refractivity contribution in [1.29, 1.82) is 0 Å². The predicted molar refractivity (Wildman–Crippen MR) is 142 cm³/mol. The first kappa shape index (κ1) is 23.8. The molecule has 2 aliphatic carbocycles. The summed E-state index contributed by atoms with van der Waals surface area (Å²) in [5.41, 5.74) is 8.26. The second-order valence-corrected chi connectivity index (χ2v) is 9.01. The second kappa shape index (κ2) is 9.74. The molecule has 0 aliphatic heterocycles. The minimum Gasteiger partial charge on any atom is -0.106 e. The summed E-state index contributed by atoms with van der Waals surface area (Å²) in [5, 5.41) is 0. The third-order valence-corrected chi connectivity index (χ3v) is 7.94. The largest absolute Gasteiger partial charge is 0.106 e. The second-order valence-electron chi connectivity index (χ2n) is 9.01. The van der Waals surface area contributed by atoms with Crippen LogP contribution in [0.15, 0.2) is 110 Å². The average molecular weight is 423 g/mol. The fourth-order valence-corrected chi connectivity index (χ4v) is 5.71. The first-order chi connectivity index (χ1) is 15.6. The molecular weight excluding hydrogens is 384 g/mol. The number of benzene rings is 2. The monoisotopic (exact) mass is 422 g/mol. The summed E-state index contributed by atoms with van der Waals surface area (Å²) in [6.07, 6.45) is 13.0. The number of allylic oxidation sites excluding steroid dienone is 7. The van der Waals surface area contributed by atoms with Gasteiger partial charge in [-0.1, -0.05) is 119 Å². The molecule has 0 heteroatoms. The molecule has 2 unspecified atom stereocenters. The van der Waals surface area contributed by atoms with Crippen LogP contribution in [0.25, 0.3) is 5.57 Å². The van der Waals surface area contributed by atoms with Gasteiger partial charge in [0, 0.05) is 0 Å². The quantitative estimate of drug-likeness (QED) is 0.322. The van der Waals surface area contributed by atoms with Gasteiger partial charge in [0.25, 0.3) is 0 Å². The van der Waals surface area contributed by atoms with Crippen LogP contribution in [0.3, 0.4) is 0 Å². The molecule has 2 aromatic rings. The van der Waals surface area contributed by atoms with E-state index >= 15 is 0 Å². The van der Waals surface area contributed by atoms with Crippen LogP contribution in [0, 0.1) is 11.3 Å². The van der Waals surface area contributed by atoms with Crippen molar-refractivity contribution in [3.05, 3.63) is 126 Å². The highest BCUT2D eigenvalue weighted by Crippen LogP contribution is 2.60. The lowest BCUT2D eigenvalue weighted by atomic mass is 9.62. The molecule has 2 atom stereocenters. The van der Waals surface area contributed by atoms with Gasteiger partial charge in [-0.25, -0.2) is 0 Å². The molecule has 0 fully saturated rings. The van der Waals surface area contributed by atoms with Gasteiger partial charge in [-0.3, -0.25) is 0 Å². The highest BCUT2D eigenvalue weighted by Gasteiger charge is 2.50. The van der Waals surface area contributed by atoms with Gasteiger partial charge in [0.2, 0.25) is 0 Å². The summed E-state index contributed by atoms with van der Waals surface area (Å²) >= 11 is 0. The summed E-state index contributed by atoms with van der Waals surface area (Å²) in [6.45, 7) is 19.5. The summed E-state index contributed by atoms with van der Waals surface area (Å²) in [6, 6.07) is 20.0. The smallest absolute Gasteiger partial charge is 0.0707 e. The zero-order valence-corrected chi connectivity index (χ0v) is 20.3. The molecule has 0 radical (unpaired) electrons. The Morgan fingerprint density at radius 1 is 1.03 bits per heavy atom. The third kappa shape index (κ3) is 3.47. The van der Waals surface area contributed by atoms with Crippen molar-refractivity contribution in [3.8, 4) is 0 Å². The zero-order chi connectivity index (χ0) is 23.4. The van der Waals surface area contributed by atoms with E-state index in [-0.39, 0.29) is 5.41 Å². The van der Waals surface area contributed by atoms with Crippen molar-refractivity contribution in [1.82, 2.24) is 0 Å². The van der Waals surface area contributed by atoms with E-state index in [0.717, 1.165) is 6.42 Å². The van der Waals surface area contributed by atoms with Crippen LogP contribution >= 0.6 is 0 Å². The van der Waals surface area contributed by atoms with Crippen molar-refractivity contribution < 1.29 is 0 Å². The molecule has 0 spiro atoms. The molecule has 32 heavy (non-hydrogen) atoms. The first-order valence-electron chi connectivity index (χ1n) is 11.9. The molecule has 0 heterocycles. The fraction of sp³-hybridized carbons (Fsp3) is 0.312. The SMILES string of the molecule is C=C.C=C/C(=C\C)C1(c2ccccc2)C2=CC(C(C)(CC)CC)CC=C2c2ccccc21. The molecule has 0 aromatic heterocycles. The van der Waals surface area contributed by atoms with Crippen molar-refractivity contribution in [2.45, 2.75) is 52.4 Å². The Balaban J connectivity index is 0.00000141. The maximum absolute atomic E-state index is 4.24. The highest BCUT2D eigenvalue weighted by molar-refractivity contribution is 5.95. The maximum Gasteiger partial charge on any atom is 0.0707 e. The molecule has 0 bridgehead atoms. The van der Waals surface area contributed by atoms with Gasteiger partial charge >= 0.3 is 0 Å². The first-order valence-corrected chi connectivity index (χ1v) is 11.9. The summed E-state index contributed by atoms with van der Waals surface area (Å²) in [7, 11) is 0. The lowest BCUT2D eigenvalue weighted by Crippen LogP contribution is -2.32. The number of rotatable bonds is 6. The van der Waals surface area contributed by atoms with Gasteiger partial charge < -0.3 is 0 Å². The van der Waals surface area contributed by atoms with E-state index in [1.54, 1.807) is 0 Å². The molecule has 0 N–H and O–H groups in total. The van der Waals surface area contributed by atoms with E-state index in [1.165, 1.54) is 46.3 Å². The predicted octanol–water partition coefficient (Wildman–Crippen LogP) is 9.08. The Morgan fingerprint density at radius 3 is 2.25 bits per heavy atom. The maximum atomic E-state index is 4.24. The summed E-state index contributed by atoms with van der Waals surface area (Å²) in [4.78, 5) is 0. The molecule has 4 rings (SSSR count). The van der Waals surface area contributed by atoms with Crippen LogP contribution in [0.4, 0.5) is 0 Å². The van der Waals surface area contributed by atoms with E-state index in [1.807, 2.05) is 0 Å². The molecule has 166 valence electrons. The summed E-state index contributed by atoms with van der Waals surface area (Å²) in [5.74, 6) is 0.548. The minimum absolute atomic E-state index is 0.290. The number of hydrogen-bond donors (Lipinski definition) is 0. The van der Waals surface area contributed by atoms with Gasteiger partial charge in [-0.05, 0) is 58.1 Å². The van der Waals surface area contributed by atoms with E-state index < -0.39 is 0 Å². The third-order valence-electron chi connectivity index (χ3n) is 7.94. The normalized spacial score (nSPS) is 22.0. The Bertz CT molecular complexity index is 1040. The topological polar surface area (TPSA) is 0 Å². The van der Waals surface area contributed by atoms with E-state index in [4.69, 9.17) is 0 Å². The highest BCUT2D eigenvalue weighted by atomic mass is 14.5. The summed E-state index contributed by atoms with van der Waals surface area (Å²) < 4.78 is 0. The van der Waals surface area contributed by atoms with E-state index in [0.29, 0.717) is 11.3 Å². The molecule has 0 amide bonds. The average Bonchev–Trinajstić information content (AvgIpc) is 3.17. The molecule has 0 saturated carbocycles. The lowest BCUT2D eigenvalue weighted by molar-refractivity contribution is 0.207. The molecule has 2 aromatic carbocycles. The van der Waals surface area contributed by atoms with E-state index in [2.05, 4.69) is 126 Å². The Kier molecular flexibility index (Phi) is 7.24. The van der Waals surface area contributed by atoms with Crippen molar-refractivity contribution >= 4 is 5.57 Å². The van der Waals surface area contributed by atoms with Crippen LogP contribution in [-0.4, -0.2) is 0 Å². The Morgan fingerprint density at radius 2 is 1.66 bits per heavy atom. The molecule has 0 saturated heterocycles. The molecule has 2 aliphatic rings. The van der Waals surface area contributed by atoms with Gasteiger partial charge in [0.15, 0.2) is 0 Å². The van der Waals surface area contributed by atoms with Gasteiger partial charge in [0.05, 0.1) is 5.41 Å². The van der Waals surface area contributed by atoms with Gasteiger partial charge in [0.1, 0.15) is 0 Å². The number of fused-ring (bicyclic) bond motifs is 3. The Labute approximate surface area is 195 Å². The van der Waals surface area contributed by atoms with Crippen molar-refractivity contribution in [3.63, 3.8) is 0 Å². The van der Waals surface area contributed by atoms with Crippen molar-refractivity contribution in [2.24, 2.45) is 11.3 Å². The van der Waals surface area contributed by atoms with Gasteiger partial charge in [-0.2, -0.15) is 0 Å². The molecule has 0 nitrogen and oxygen atoms in total. The zero-order valence-electron chi connectivity index (χ0n) is 20.3. The van der Waals surface area contributed by atoms with Crippen molar-refractivity contribution in [2.75, 3.05) is 0 Å². The Hall–Kier alpha value is -2.86. The lowest BCUT2D eigenvalue weighted by Gasteiger charge is -2.40. The van der Waals surface area contributed by atoms with Gasteiger partial charge in [-0.15, -0.1) is 13.2 Å². The number of hydrogen-bond acceptors (Lipinski definition) is 0. The van der Waals surface area contributed by atoms with Crippen LogP contribution in [0.2, 0.25) is 0 Å². The molecular formula is C32H38. The van der Waals surface area contributed by atoms with E-state index in [9.17, 15) is 0 Å². The van der Waals surface area contributed by atoms with Crippen LogP contribution < -0.4 is 0 Å². The minimum atomic E-state index is -0.290. The van der Waals surface area contributed by atoms with Crippen LogP contribution in [0.5, 0.6) is 0 Å². The van der Waals surface area contributed by atoms with Crippen LogP contribution in [0.1, 0.15) is 63.6 Å². The fourth-order valence-electron chi connectivity index (χ4n) is 5.71.